The van der Waals surface area contributed by atoms with Crippen LogP contribution in [-0.4, -0.2) is 45.9 Å². The van der Waals surface area contributed by atoms with E-state index in [4.69, 9.17) is 14.2 Å². The molecule has 0 saturated carbocycles. The van der Waals surface area contributed by atoms with Gasteiger partial charge >= 0.3 is 5.97 Å². The molecule has 1 aliphatic heterocycles. The molecule has 1 aliphatic rings. The SMILES string of the molecule is CCC1CC(C(=O)OCc2ccccc2)(c2ccc(OC)cc2OCc2ccccc2)n2nnnc2N1CC. The van der Waals surface area contributed by atoms with Gasteiger partial charge in [-0.3, -0.25) is 0 Å². The Morgan fingerprint density at radius 3 is 2.31 bits per heavy atom. The van der Waals surface area contributed by atoms with Gasteiger partial charge in [-0.1, -0.05) is 72.7 Å². The predicted molar refractivity (Wildman–Crippen MR) is 147 cm³/mol. The first-order chi connectivity index (χ1) is 19.1. The fourth-order valence-corrected chi connectivity index (χ4v) is 5.25. The number of esters is 1. The highest BCUT2D eigenvalue weighted by Gasteiger charge is 2.54. The molecule has 1 aromatic heterocycles. The maximum Gasteiger partial charge on any atom is 0.339 e. The second-order valence-corrected chi connectivity index (χ2v) is 9.50. The topological polar surface area (TPSA) is 91.6 Å². The average Bonchev–Trinajstić information content (AvgIpc) is 3.49. The van der Waals surface area contributed by atoms with Crippen LogP contribution in [0.4, 0.5) is 5.95 Å². The van der Waals surface area contributed by atoms with Gasteiger partial charge in [-0.25, -0.2) is 4.79 Å². The third-order valence-corrected chi connectivity index (χ3v) is 7.28. The molecule has 0 fully saturated rings. The Bertz CT molecular complexity index is 1400. The molecule has 0 radical (unpaired) electrons. The van der Waals surface area contributed by atoms with Crippen molar-refractivity contribution in [2.75, 3.05) is 18.6 Å². The second kappa shape index (κ2) is 11.6. The first-order valence-corrected chi connectivity index (χ1v) is 13.2. The third kappa shape index (κ3) is 5.04. The minimum atomic E-state index is -1.35. The molecule has 2 unspecified atom stereocenters. The van der Waals surface area contributed by atoms with Gasteiger partial charge in [-0.05, 0) is 47.0 Å². The second-order valence-electron chi connectivity index (χ2n) is 9.50. The van der Waals surface area contributed by atoms with Crippen LogP contribution < -0.4 is 14.4 Å². The summed E-state index contributed by atoms with van der Waals surface area (Å²) in [6.45, 7) is 5.31. The number of rotatable bonds is 10. The number of aromatic nitrogens is 4. The molecule has 9 nitrogen and oxygen atoms in total. The van der Waals surface area contributed by atoms with Crippen LogP contribution in [0.2, 0.25) is 0 Å². The Kier molecular flexibility index (Phi) is 7.76. The highest BCUT2D eigenvalue weighted by atomic mass is 16.5. The van der Waals surface area contributed by atoms with E-state index in [1.807, 2.05) is 78.9 Å². The Morgan fingerprint density at radius 2 is 1.67 bits per heavy atom. The smallest absolute Gasteiger partial charge is 0.339 e. The number of carbonyl (C=O) groups excluding carboxylic acids is 1. The Labute approximate surface area is 228 Å². The van der Waals surface area contributed by atoms with E-state index in [9.17, 15) is 4.79 Å². The van der Waals surface area contributed by atoms with Crippen molar-refractivity contribution < 1.29 is 19.0 Å². The van der Waals surface area contributed by atoms with Crippen LogP contribution in [0, 0.1) is 0 Å². The quantitative estimate of drug-likeness (QED) is 0.273. The summed E-state index contributed by atoms with van der Waals surface area (Å²) in [5.74, 6) is 1.21. The van der Waals surface area contributed by atoms with Crippen molar-refractivity contribution in [1.82, 2.24) is 20.2 Å². The van der Waals surface area contributed by atoms with E-state index >= 15 is 0 Å². The van der Waals surface area contributed by atoms with Crippen molar-refractivity contribution in [1.29, 1.82) is 0 Å². The average molecular weight is 528 g/mol. The Morgan fingerprint density at radius 1 is 0.974 bits per heavy atom. The monoisotopic (exact) mass is 527 g/mol. The molecule has 0 amide bonds. The molecule has 0 saturated heterocycles. The van der Waals surface area contributed by atoms with E-state index in [-0.39, 0.29) is 12.6 Å². The van der Waals surface area contributed by atoms with Gasteiger partial charge in [0.25, 0.3) is 0 Å². The minimum Gasteiger partial charge on any atom is -0.497 e. The number of carbonyl (C=O) groups is 1. The van der Waals surface area contributed by atoms with E-state index in [0.717, 1.165) is 17.5 Å². The Hall–Kier alpha value is -4.40. The third-order valence-electron chi connectivity index (χ3n) is 7.28. The number of tetrazole rings is 1. The highest BCUT2D eigenvalue weighted by molar-refractivity contribution is 5.85. The molecule has 3 aromatic carbocycles. The van der Waals surface area contributed by atoms with Crippen molar-refractivity contribution in [3.8, 4) is 11.5 Å². The lowest BCUT2D eigenvalue weighted by atomic mass is 9.80. The molecule has 4 aromatic rings. The summed E-state index contributed by atoms with van der Waals surface area (Å²) >= 11 is 0. The molecule has 202 valence electrons. The highest BCUT2D eigenvalue weighted by Crippen LogP contribution is 2.46. The number of anilines is 1. The summed E-state index contributed by atoms with van der Waals surface area (Å²) < 4.78 is 19.5. The van der Waals surface area contributed by atoms with E-state index in [1.165, 1.54) is 0 Å². The summed E-state index contributed by atoms with van der Waals surface area (Å²) in [5.41, 5.74) is 1.17. The number of hydrogen-bond acceptors (Lipinski definition) is 8. The van der Waals surface area contributed by atoms with Crippen LogP contribution >= 0.6 is 0 Å². The van der Waals surface area contributed by atoms with Gasteiger partial charge in [0.1, 0.15) is 24.7 Å². The molecule has 2 atom stereocenters. The summed E-state index contributed by atoms with van der Waals surface area (Å²) in [7, 11) is 1.60. The number of ether oxygens (including phenoxy) is 3. The van der Waals surface area contributed by atoms with E-state index in [1.54, 1.807) is 11.8 Å². The van der Waals surface area contributed by atoms with Crippen molar-refractivity contribution in [3.05, 3.63) is 95.6 Å². The zero-order valence-corrected chi connectivity index (χ0v) is 22.5. The van der Waals surface area contributed by atoms with Crippen LogP contribution in [0.1, 0.15) is 43.4 Å². The number of nitrogens with zero attached hydrogens (tertiary/aromatic N) is 5. The van der Waals surface area contributed by atoms with Crippen LogP contribution in [0.3, 0.4) is 0 Å². The summed E-state index contributed by atoms with van der Waals surface area (Å²) in [6.07, 6.45) is 1.21. The van der Waals surface area contributed by atoms with Crippen molar-refractivity contribution in [2.24, 2.45) is 0 Å². The summed E-state index contributed by atoms with van der Waals surface area (Å²) in [4.78, 5) is 16.5. The molecule has 0 spiro atoms. The lowest BCUT2D eigenvalue weighted by Crippen LogP contribution is -2.56. The number of fused-ring (bicyclic) bond motifs is 1. The molecule has 39 heavy (non-hydrogen) atoms. The van der Waals surface area contributed by atoms with Gasteiger partial charge in [0.05, 0.1) is 7.11 Å². The molecular weight excluding hydrogens is 494 g/mol. The fraction of sp³-hybridized carbons (Fsp3) is 0.333. The van der Waals surface area contributed by atoms with Gasteiger partial charge in [-0.2, -0.15) is 4.68 Å². The molecule has 2 heterocycles. The molecule has 9 heteroatoms. The maximum atomic E-state index is 14.3. The van der Waals surface area contributed by atoms with Gasteiger partial charge < -0.3 is 19.1 Å². The van der Waals surface area contributed by atoms with Crippen LogP contribution in [-0.2, 0) is 28.3 Å². The number of methoxy groups -OCH3 is 1. The summed E-state index contributed by atoms with van der Waals surface area (Å²) in [5, 5.41) is 12.7. The van der Waals surface area contributed by atoms with Gasteiger partial charge in [0.15, 0.2) is 5.54 Å². The fourth-order valence-electron chi connectivity index (χ4n) is 5.25. The molecule has 0 bridgehead atoms. The van der Waals surface area contributed by atoms with E-state index in [0.29, 0.717) is 42.6 Å². The van der Waals surface area contributed by atoms with Crippen molar-refractivity contribution >= 4 is 11.9 Å². The standard InChI is InChI=1S/C30H33N5O4/c1-4-24-19-30(35-29(31-32-33-35)34(24)5-2,28(36)39-21-23-14-10-7-11-15-23)26-17-16-25(37-3)18-27(26)38-20-22-12-8-6-9-13-22/h6-18,24H,4-5,19-21H2,1-3H3. The van der Waals surface area contributed by atoms with E-state index in [2.05, 4.69) is 34.3 Å². The van der Waals surface area contributed by atoms with Gasteiger partial charge in [-0.15, -0.1) is 0 Å². The summed E-state index contributed by atoms with van der Waals surface area (Å²) in [6, 6.07) is 25.0. The zero-order valence-electron chi connectivity index (χ0n) is 22.5. The van der Waals surface area contributed by atoms with Gasteiger partial charge in [0, 0.05) is 30.6 Å². The molecule has 0 aliphatic carbocycles. The number of benzene rings is 3. The lowest BCUT2D eigenvalue weighted by molar-refractivity contribution is -0.155. The number of hydrogen-bond donors (Lipinski definition) is 0. The maximum absolute atomic E-state index is 14.3. The zero-order chi connectivity index (χ0) is 27.2. The first-order valence-electron chi connectivity index (χ1n) is 13.2. The van der Waals surface area contributed by atoms with Crippen molar-refractivity contribution in [2.45, 2.75) is 51.5 Å². The van der Waals surface area contributed by atoms with Crippen LogP contribution in [0.5, 0.6) is 11.5 Å². The minimum absolute atomic E-state index is 0.00171. The first kappa shape index (κ1) is 26.2. The van der Waals surface area contributed by atoms with Crippen LogP contribution in [0.25, 0.3) is 0 Å². The predicted octanol–water partition coefficient (Wildman–Crippen LogP) is 4.76. The van der Waals surface area contributed by atoms with Gasteiger partial charge in [0.2, 0.25) is 5.95 Å². The molecule has 5 rings (SSSR count). The molecular formula is C30H33N5O4. The Balaban J connectivity index is 1.63. The van der Waals surface area contributed by atoms with Crippen molar-refractivity contribution in [3.63, 3.8) is 0 Å². The van der Waals surface area contributed by atoms with Crippen LogP contribution in [0.15, 0.2) is 78.9 Å². The largest absolute Gasteiger partial charge is 0.497 e. The lowest BCUT2D eigenvalue weighted by Gasteiger charge is -2.44. The normalized spacial score (nSPS) is 18.3. The van der Waals surface area contributed by atoms with E-state index < -0.39 is 11.5 Å². The molecule has 0 N–H and O–H groups in total.